The second-order valence-corrected chi connectivity index (χ2v) is 31.3. The van der Waals surface area contributed by atoms with Crippen LogP contribution in [0.1, 0.15) is 470 Å². The predicted molar refractivity (Wildman–Crippen MR) is 426 cm³/mol. The van der Waals surface area contributed by atoms with Gasteiger partial charge in [-0.25, -0.2) is 0 Å². The molecule has 7 unspecified atom stereocenters. The molecule has 1 aliphatic heterocycles. The van der Waals surface area contributed by atoms with Crippen molar-refractivity contribution >= 4 is 11.9 Å². The van der Waals surface area contributed by atoms with Gasteiger partial charge in [0.15, 0.2) is 6.29 Å². The van der Waals surface area contributed by atoms with E-state index < -0.39 is 49.5 Å². The minimum absolute atomic E-state index is 0.0228. The third-order valence-electron chi connectivity index (χ3n) is 21.6. The predicted octanol–water partition coefficient (Wildman–Crippen LogP) is 25.0. The van der Waals surface area contributed by atoms with Crippen molar-refractivity contribution in [1.29, 1.82) is 0 Å². The van der Waals surface area contributed by atoms with Gasteiger partial charge in [0.25, 0.3) is 0 Å². The van der Waals surface area contributed by atoms with Gasteiger partial charge in [-0.15, -0.1) is 0 Å². The zero-order valence-corrected chi connectivity index (χ0v) is 66.5. The first-order valence-electron chi connectivity index (χ1n) is 44.6. The van der Waals surface area contributed by atoms with Gasteiger partial charge in [0.2, 0.25) is 5.91 Å². The van der Waals surface area contributed by atoms with Crippen LogP contribution in [0, 0.1) is 0 Å². The van der Waals surface area contributed by atoms with Gasteiger partial charge in [0.1, 0.15) is 24.4 Å². The van der Waals surface area contributed by atoms with E-state index in [0.29, 0.717) is 19.4 Å². The molecule has 0 aliphatic carbocycles. The lowest BCUT2D eigenvalue weighted by molar-refractivity contribution is -0.302. The van der Waals surface area contributed by atoms with Gasteiger partial charge >= 0.3 is 5.97 Å². The first-order valence-corrected chi connectivity index (χ1v) is 44.6. The number of esters is 1. The normalized spacial score (nSPS) is 17.1. The van der Waals surface area contributed by atoms with Gasteiger partial charge in [-0.3, -0.25) is 9.59 Å². The number of carbonyl (C=O) groups is 2. The zero-order chi connectivity index (χ0) is 72.2. The van der Waals surface area contributed by atoms with Crippen molar-refractivity contribution in [1.82, 2.24) is 5.32 Å². The van der Waals surface area contributed by atoms with Crippen LogP contribution < -0.4 is 5.32 Å². The van der Waals surface area contributed by atoms with E-state index in [1.807, 2.05) is 6.08 Å². The lowest BCUT2D eigenvalue weighted by atomic mass is 9.99. The lowest BCUT2D eigenvalue weighted by Crippen LogP contribution is -2.60. The van der Waals surface area contributed by atoms with Crippen molar-refractivity contribution in [3.05, 3.63) is 24.3 Å². The number of aliphatic hydroxyl groups excluding tert-OH is 5. The Morgan fingerprint density at radius 3 is 0.960 bits per heavy atom. The van der Waals surface area contributed by atoms with E-state index in [1.165, 1.54) is 392 Å². The van der Waals surface area contributed by atoms with Crippen LogP contribution in [0.25, 0.3) is 0 Å². The van der Waals surface area contributed by atoms with Crippen LogP contribution in [-0.4, -0.2) is 100 Å². The van der Waals surface area contributed by atoms with Crippen molar-refractivity contribution in [2.24, 2.45) is 0 Å². The first kappa shape index (κ1) is 96.2. The van der Waals surface area contributed by atoms with Crippen molar-refractivity contribution in [3.8, 4) is 0 Å². The smallest absolute Gasteiger partial charge is 0.305 e. The minimum Gasteiger partial charge on any atom is -0.466 e. The van der Waals surface area contributed by atoms with Crippen LogP contribution in [0.3, 0.4) is 0 Å². The van der Waals surface area contributed by atoms with Gasteiger partial charge < -0.3 is 45.1 Å². The van der Waals surface area contributed by atoms with E-state index in [1.54, 1.807) is 6.08 Å². The Morgan fingerprint density at radius 2 is 0.640 bits per heavy atom. The third-order valence-corrected chi connectivity index (χ3v) is 21.6. The molecule has 0 spiro atoms. The van der Waals surface area contributed by atoms with Crippen LogP contribution in [0.15, 0.2) is 24.3 Å². The molecule has 100 heavy (non-hydrogen) atoms. The summed E-state index contributed by atoms with van der Waals surface area (Å²) in [6.07, 6.45) is 92.4. The van der Waals surface area contributed by atoms with E-state index in [4.69, 9.17) is 14.2 Å². The van der Waals surface area contributed by atoms with Gasteiger partial charge in [-0.05, 0) is 57.8 Å². The molecular formula is C89H171NO10. The van der Waals surface area contributed by atoms with Crippen LogP contribution in [0.4, 0.5) is 0 Å². The van der Waals surface area contributed by atoms with Crippen molar-refractivity contribution in [2.75, 3.05) is 19.8 Å². The van der Waals surface area contributed by atoms with Crippen molar-refractivity contribution in [2.45, 2.75) is 513 Å². The molecule has 7 atom stereocenters. The fraction of sp³-hybridized carbons (Fsp3) is 0.933. The Kier molecular flexibility index (Phi) is 75.2. The van der Waals surface area contributed by atoms with Crippen molar-refractivity contribution < 1.29 is 49.3 Å². The lowest BCUT2D eigenvalue weighted by Gasteiger charge is -2.40. The molecule has 0 radical (unpaired) electrons. The molecule has 11 heteroatoms. The Labute approximate surface area is 620 Å². The second kappa shape index (κ2) is 78.2. The molecule has 592 valence electrons. The summed E-state index contributed by atoms with van der Waals surface area (Å²) in [4.78, 5) is 25.3. The number of unbranched alkanes of at least 4 members (excludes halogenated alkanes) is 65. The van der Waals surface area contributed by atoms with Crippen molar-refractivity contribution in [3.63, 3.8) is 0 Å². The summed E-state index contributed by atoms with van der Waals surface area (Å²) in [6.45, 7) is 4.42. The Bertz CT molecular complexity index is 1710. The average molecular weight is 1420 g/mol. The number of aliphatic hydroxyl groups is 5. The Hall–Kier alpha value is -1.86. The Morgan fingerprint density at radius 1 is 0.360 bits per heavy atom. The molecule has 1 heterocycles. The molecule has 1 fully saturated rings. The number of amides is 1. The van der Waals surface area contributed by atoms with E-state index in [2.05, 4.69) is 31.3 Å². The van der Waals surface area contributed by atoms with E-state index >= 15 is 0 Å². The summed E-state index contributed by atoms with van der Waals surface area (Å²) in [5.41, 5.74) is 0. The van der Waals surface area contributed by atoms with E-state index in [9.17, 15) is 35.1 Å². The highest BCUT2D eigenvalue weighted by Crippen LogP contribution is 2.24. The summed E-state index contributed by atoms with van der Waals surface area (Å²) in [7, 11) is 0. The number of allylic oxidation sites excluding steroid dienone is 3. The molecule has 1 aliphatic rings. The summed E-state index contributed by atoms with van der Waals surface area (Å²) in [5, 5.41) is 54.7. The summed E-state index contributed by atoms with van der Waals surface area (Å²) < 4.78 is 16.8. The number of ether oxygens (including phenoxy) is 3. The summed E-state index contributed by atoms with van der Waals surface area (Å²) >= 11 is 0. The molecular weight excluding hydrogens is 1240 g/mol. The number of hydrogen-bond acceptors (Lipinski definition) is 10. The second-order valence-electron chi connectivity index (χ2n) is 31.3. The van der Waals surface area contributed by atoms with Gasteiger partial charge in [0.05, 0.1) is 32.0 Å². The zero-order valence-electron chi connectivity index (χ0n) is 66.5. The molecule has 6 N–H and O–H groups in total. The van der Waals surface area contributed by atoms with E-state index in [-0.39, 0.29) is 18.5 Å². The number of carbonyl (C=O) groups excluding carboxylic acids is 2. The highest BCUT2D eigenvalue weighted by atomic mass is 16.7. The molecule has 0 aromatic heterocycles. The molecule has 0 aromatic rings. The topological polar surface area (TPSA) is 175 Å². The molecule has 0 aromatic carbocycles. The number of nitrogens with one attached hydrogen (secondary N) is 1. The van der Waals surface area contributed by atoms with Crippen LogP contribution in [0.2, 0.25) is 0 Å². The van der Waals surface area contributed by atoms with Gasteiger partial charge in [-0.1, -0.05) is 423 Å². The molecule has 0 saturated carbocycles. The minimum atomic E-state index is -1.57. The third kappa shape index (κ3) is 65.6. The van der Waals surface area contributed by atoms with Gasteiger partial charge in [-0.2, -0.15) is 0 Å². The summed E-state index contributed by atoms with van der Waals surface area (Å²) in [5.74, 6) is -0.151. The molecule has 1 rings (SSSR count). The summed E-state index contributed by atoms with van der Waals surface area (Å²) in [6, 6.07) is -0.807. The molecule has 1 saturated heterocycles. The number of rotatable bonds is 81. The average Bonchev–Trinajstić information content (AvgIpc) is 0.822. The van der Waals surface area contributed by atoms with Gasteiger partial charge in [0, 0.05) is 12.8 Å². The molecule has 0 bridgehead atoms. The quantitative estimate of drug-likeness (QED) is 0.0195. The highest BCUT2D eigenvalue weighted by Gasteiger charge is 2.44. The standard InChI is InChI=1S/C89H171NO10/c1-3-5-7-9-11-13-15-17-19-20-42-46-49-53-57-61-65-69-73-77-85(94)98-78-74-70-66-62-58-54-50-47-44-41-39-37-35-33-31-29-27-25-23-21-22-24-26-28-30-32-34-36-38-40-43-45-48-52-56-60-64-68-72-76-84(93)90-81(80-99-89-88(97)87(96)86(95)83(79-91)100-89)82(92)75-71-67-63-59-55-51-18-16-14-12-10-8-6-4-2/h21-22,71,75,81-83,86-89,91-92,95-97H,3-20,23-70,72-74,76-80H2,1-2H3,(H,90,93)/b22-21-,75-71+. The largest absolute Gasteiger partial charge is 0.466 e. The fourth-order valence-corrected chi connectivity index (χ4v) is 14.6. The monoisotopic (exact) mass is 1410 g/mol. The highest BCUT2D eigenvalue weighted by molar-refractivity contribution is 5.76. The maximum atomic E-state index is 13.1. The number of hydrogen-bond donors (Lipinski definition) is 6. The van der Waals surface area contributed by atoms with Crippen LogP contribution in [-0.2, 0) is 23.8 Å². The fourth-order valence-electron chi connectivity index (χ4n) is 14.6. The Balaban J connectivity index is 1.86. The van der Waals surface area contributed by atoms with E-state index in [0.717, 1.165) is 51.4 Å². The van der Waals surface area contributed by atoms with Crippen LogP contribution in [0.5, 0.6) is 0 Å². The first-order chi connectivity index (χ1) is 49.2. The maximum Gasteiger partial charge on any atom is 0.305 e. The van der Waals surface area contributed by atoms with Crippen LogP contribution >= 0.6 is 0 Å². The maximum absolute atomic E-state index is 13.1. The molecule has 1 amide bonds. The SMILES string of the molecule is CCCCCCCCCCCCCC/C=C/C(O)C(COC1OC(CO)C(O)C(O)C1O)NC(=O)CCCCCCCCCCCCCCCCCCC/C=C\CCCCCCCCCCCCCCCCCCCCOC(=O)CCCCCCCCCCCCCCCCCCCCC. The molecule has 11 nitrogen and oxygen atoms in total.